The highest BCUT2D eigenvalue weighted by Crippen LogP contribution is 2.19. The van der Waals surface area contributed by atoms with E-state index in [-0.39, 0.29) is 6.61 Å². The maximum absolute atomic E-state index is 8.92. The maximum atomic E-state index is 8.92. The van der Waals surface area contributed by atoms with Crippen molar-refractivity contribution in [3.05, 3.63) is 34.3 Å². The van der Waals surface area contributed by atoms with Crippen molar-refractivity contribution >= 4 is 28.8 Å². The molecular formula is C12H17ClN2OS. The number of halogens is 1. The first-order chi connectivity index (χ1) is 8.08. The standard InChI is InChI=1S/C12H17ClN2OS/c1-2-15(5-6-16)8-10-4-3-9(12(14)17)7-11(10)13/h3-4,7,16H,2,5-6,8H2,1H3,(H2,14,17). The van der Waals surface area contributed by atoms with Crippen molar-refractivity contribution in [2.24, 2.45) is 5.73 Å². The van der Waals surface area contributed by atoms with Gasteiger partial charge in [-0.25, -0.2) is 0 Å². The van der Waals surface area contributed by atoms with Gasteiger partial charge in [-0.1, -0.05) is 42.9 Å². The van der Waals surface area contributed by atoms with Gasteiger partial charge in [-0.05, 0) is 18.2 Å². The van der Waals surface area contributed by atoms with Crippen molar-refractivity contribution in [1.82, 2.24) is 4.90 Å². The highest BCUT2D eigenvalue weighted by molar-refractivity contribution is 7.80. The molecule has 0 radical (unpaired) electrons. The van der Waals surface area contributed by atoms with E-state index in [9.17, 15) is 0 Å². The van der Waals surface area contributed by atoms with E-state index < -0.39 is 0 Å². The molecule has 1 rings (SSSR count). The summed E-state index contributed by atoms with van der Waals surface area (Å²) in [5, 5.41) is 9.58. The monoisotopic (exact) mass is 272 g/mol. The third kappa shape index (κ3) is 4.24. The minimum Gasteiger partial charge on any atom is -0.395 e. The molecule has 0 bridgehead atoms. The van der Waals surface area contributed by atoms with Crippen molar-refractivity contribution in [2.45, 2.75) is 13.5 Å². The van der Waals surface area contributed by atoms with Gasteiger partial charge in [-0.15, -0.1) is 0 Å². The fraction of sp³-hybridized carbons (Fsp3) is 0.417. The number of hydrogen-bond acceptors (Lipinski definition) is 3. The molecule has 0 spiro atoms. The third-order valence-corrected chi connectivity index (χ3v) is 3.18. The van der Waals surface area contributed by atoms with Gasteiger partial charge in [0.05, 0.1) is 6.61 Å². The Morgan fingerprint density at radius 3 is 2.71 bits per heavy atom. The molecule has 0 aliphatic rings. The number of thiocarbonyl (C=S) groups is 1. The average Bonchev–Trinajstić information content (AvgIpc) is 2.30. The van der Waals surface area contributed by atoms with Crippen molar-refractivity contribution in [1.29, 1.82) is 0 Å². The van der Waals surface area contributed by atoms with Crippen LogP contribution in [0.25, 0.3) is 0 Å². The van der Waals surface area contributed by atoms with Crippen LogP contribution in [0.15, 0.2) is 18.2 Å². The molecule has 17 heavy (non-hydrogen) atoms. The Balaban J connectivity index is 2.81. The molecule has 1 aromatic rings. The van der Waals surface area contributed by atoms with Gasteiger partial charge in [0.25, 0.3) is 0 Å². The van der Waals surface area contributed by atoms with Crippen LogP contribution in [0.5, 0.6) is 0 Å². The first-order valence-corrected chi connectivity index (χ1v) is 6.28. The fourth-order valence-electron chi connectivity index (χ4n) is 1.56. The Kier molecular flexibility index (Phi) is 5.85. The van der Waals surface area contributed by atoms with Crippen LogP contribution >= 0.6 is 23.8 Å². The van der Waals surface area contributed by atoms with Crippen LogP contribution in [0.1, 0.15) is 18.1 Å². The van der Waals surface area contributed by atoms with Gasteiger partial charge in [-0.2, -0.15) is 0 Å². The van der Waals surface area contributed by atoms with E-state index in [0.717, 1.165) is 17.7 Å². The van der Waals surface area contributed by atoms with Gasteiger partial charge in [0.2, 0.25) is 0 Å². The summed E-state index contributed by atoms with van der Waals surface area (Å²) in [4.78, 5) is 2.46. The van der Waals surface area contributed by atoms with E-state index in [2.05, 4.69) is 4.90 Å². The number of nitrogens with two attached hydrogens (primary N) is 1. The largest absolute Gasteiger partial charge is 0.395 e. The van der Waals surface area contributed by atoms with Crippen molar-refractivity contribution in [3.63, 3.8) is 0 Å². The molecule has 0 aliphatic carbocycles. The highest BCUT2D eigenvalue weighted by Gasteiger charge is 2.08. The third-order valence-electron chi connectivity index (χ3n) is 2.59. The lowest BCUT2D eigenvalue weighted by atomic mass is 10.1. The molecule has 3 N–H and O–H groups in total. The molecule has 0 aliphatic heterocycles. The van der Waals surface area contributed by atoms with E-state index in [1.54, 1.807) is 6.07 Å². The van der Waals surface area contributed by atoms with Crippen molar-refractivity contribution in [2.75, 3.05) is 19.7 Å². The van der Waals surface area contributed by atoms with Crippen LogP contribution in [0.4, 0.5) is 0 Å². The van der Waals surface area contributed by atoms with Gasteiger partial charge in [0.15, 0.2) is 0 Å². The summed E-state index contributed by atoms with van der Waals surface area (Å²) in [7, 11) is 0. The van der Waals surface area contributed by atoms with Crippen LogP contribution in [0.2, 0.25) is 5.02 Å². The molecule has 1 aromatic carbocycles. The van der Waals surface area contributed by atoms with Crippen LogP contribution in [0, 0.1) is 0 Å². The Labute approximate surface area is 112 Å². The normalized spacial score (nSPS) is 10.8. The molecule has 0 fully saturated rings. The van der Waals surface area contributed by atoms with E-state index >= 15 is 0 Å². The lowest BCUT2D eigenvalue weighted by Crippen LogP contribution is -2.26. The summed E-state index contributed by atoms with van der Waals surface area (Å²) in [5.74, 6) is 0. The number of benzene rings is 1. The van der Waals surface area contributed by atoms with Crippen LogP contribution < -0.4 is 5.73 Å². The molecule has 0 saturated heterocycles. The zero-order valence-corrected chi connectivity index (χ0v) is 11.4. The number of hydrogen-bond donors (Lipinski definition) is 2. The molecule has 0 heterocycles. The second kappa shape index (κ2) is 6.91. The number of likely N-dealkylation sites (N-methyl/N-ethyl adjacent to an activating group) is 1. The summed E-state index contributed by atoms with van der Waals surface area (Å²) in [6, 6.07) is 5.58. The molecule has 0 unspecified atom stereocenters. The smallest absolute Gasteiger partial charge is 0.104 e. The van der Waals surface area contributed by atoms with Crippen LogP contribution in [-0.2, 0) is 6.54 Å². The first kappa shape index (κ1) is 14.4. The zero-order valence-electron chi connectivity index (χ0n) is 9.82. The number of aliphatic hydroxyl groups is 1. The average molecular weight is 273 g/mol. The summed E-state index contributed by atoms with van der Waals surface area (Å²) in [6.45, 7) is 4.43. The van der Waals surface area contributed by atoms with Crippen molar-refractivity contribution in [3.8, 4) is 0 Å². The van der Waals surface area contributed by atoms with Crippen LogP contribution in [-0.4, -0.2) is 34.7 Å². The Hall–Kier alpha value is -0.680. The quantitative estimate of drug-likeness (QED) is 0.776. The molecule has 94 valence electrons. The maximum Gasteiger partial charge on any atom is 0.104 e. The number of nitrogens with zero attached hydrogens (tertiary/aromatic N) is 1. The summed E-state index contributed by atoms with van der Waals surface area (Å²) >= 11 is 11.1. The molecule has 5 heteroatoms. The van der Waals surface area contributed by atoms with E-state index in [0.29, 0.717) is 23.1 Å². The Bertz CT molecular complexity index is 398. The van der Waals surface area contributed by atoms with E-state index in [1.165, 1.54) is 0 Å². The summed E-state index contributed by atoms with van der Waals surface area (Å²) in [6.07, 6.45) is 0. The zero-order chi connectivity index (χ0) is 12.8. The topological polar surface area (TPSA) is 49.5 Å². The van der Waals surface area contributed by atoms with E-state index in [1.807, 2.05) is 19.1 Å². The van der Waals surface area contributed by atoms with Crippen molar-refractivity contribution < 1.29 is 5.11 Å². The van der Waals surface area contributed by atoms with Crippen LogP contribution in [0.3, 0.4) is 0 Å². The summed E-state index contributed by atoms with van der Waals surface area (Å²) < 4.78 is 0. The molecular weight excluding hydrogens is 256 g/mol. The summed E-state index contributed by atoms with van der Waals surface area (Å²) in [5.41, 5.74) is 7.33. The molecule has 0 aromatic heterocycles. The van der Waals surface area contributed by atoms with Gasteiger partial charge in [0, 0.05) is 23.7 Å². The second-order valence-corrected chi connectivity index (χ2v) is 4.61. The molecule has 0 amide bonds. The lowest BCUT2D eigenvalue weighted by molar-refractivity contribution is 0.197. The number of rotatable bonds is 6. The van der Waals surface area contributed by atoms with Gasteiger partial charge >= 0.3 is 0 Å². The molecule has 0 saturated carbocycles. The molecule has 3 nitrogen and oxygen atoms in total. The number of aliphatic hydroxyl groups excluding tert-OH is 1. The lowest BCUT2D eigenvalue weighted by Gasteiger charge is -2.20. The minimum absolute atomic E-state index is 0.149. The van der Waals surface area contributed by atoms with E-state index in [4.69, 9.17) is 34.7 Å². The predicted octanol–water partition coefficient (Wildman–Crippen LogP) is 1.79. The minimum atomic E-state index is 0.149. The fourth-order valence-corrected chi connectivity index (χ4v) is 1.93. The SMILES string of the molecule is CCN(CCO)Cc1ccc(C(N)=S)cc1Cl. The van der Waals surface area contributed by atoms with Gasteiger partial charge in [-0.3, -0.25) is 4.90 Å². The van der Waals surface area contributed by atoms with Gasteiger partial charge in [0.1, 0.15) is 4.99 Å². The Morgan fingerprint density at radius 2 is 2.24 bits per heavy atom. The second-order valence-electron chi connectivity index (χ2n) is 3.76. The Morgan fingerprint density at radius 1 is 1.53 bits per heavy atom. The predicted molar refractivity (Wildman–Crippen MR) is 75.4 cm³/mol. The molecule has 0 atom stereocenters. The van der Waals surface area contributed by atoms with Gasteiger partial charge < -0.3 is 10.8 Å². The highest BCUT2D eigenvalue weighted by atomic mass is 35.5. The first-order valence-electron chi connectivity index (χ1n) is 5.50.